The van der Waals surface area contributed by atoms with Crippen molar-refractivity contribution in [2.45, 2.75) is 26.7 Å². The van der Waals surface area contributed by atoms with Crippen molar-refractivity contribution < 1.29 is 4.79 Å². The Balaban J connectivity index is 2.54. The predicted octanol–water partition coefficient (Wildman–Crippen LogP) is 3.07. The number of allylic oxidation sites excluding steroid dienone is 1. The molecule has 1 heteroatoms. The fourth-order valence-corrected chi connectivity index (χ4v) is 1.34. The quantitative estimate of drug-likeness (QED) is 0.664. The van der Waals surface area contributed by atoms with Crippen LogP contribution in [-0.4, -0.2) is 5.78 Å². The summed E-state index contributed by atoms with van der Waals surface area (Å²) in [5.74, 6) is 0.159. The van der Waals surface area contributed by atoms with Gasteiger partial charge in [0.25, 0.3) is 0 Å². The van der Waals surface area contributed by atoms with Crippen LogP contribution in [0.3, 0.4) is 0 Å². The van der Waals surface area contributed by atoms with Crippen LogP contribution in [0.4, 0.5) is 0 Å². The van der Waals surface area contributed by atoms with Gasteiger partial charge in [0.2, 0.25) is 0 Å². The standard InChI is InChI=1S/C13H16O/c1-10(2)13(14)8-7-12-6-4-5-11(3)9-12/h4-6,9H,1,7-8H2,2-3H3. The fraction of sp³-hybridized carbons (Fsp3) is 0.308. The molecule has 1 rings (SSSR count). The third-order valence-electron chi connectivity index (χ3n) is 2.20. The third-order valence-corrected chi connectivity index (χ3v) is 2.20. The second kappa shape index (κ2) is 4.75. The van der Waals surface area contributed by atoms with Crippen molar-refractivity contribution in [3.05, 3.63) is 47.5 Å². The highest BCUT2D eigenvalue weighted by molar-refractivity contribution is 5.94. The molecule has 1 aromatic carbocycles. The molecule has 0 bridgehead atoms. The molecular formula is C13H16O. The average Bonchev–Trinajstić information content (AvgIpc) is 2.14. The van der Waals surface area contributed by atoms with Crippen LogP contribution in [0.25, 0.3) is 0 Å². The van der Waals surface area contributed by atoms with E-state index in [1.54, 1.807) is 6.92 Å². The van der Waals surface area contributed by atoms with Crippen molar-refractivity contribution in [3.8, 4) is 0 Å². The predicted molar refractivity (Wildman–Crippen MR) is 59.3 cm³/mol. The van der Waals surface area contributed by atoms with Crippen LogP contribution in [0.1, 0.15) is 24.5 Å². The SMILES string of the molecule is C=C(C)C(=O)CCc1cccc(C)c1. The van der Waals surface area contributed by atoms with Crippen molar-refractivity contribution in [1.29, 1.82) is 0 Å². The van der Waals surface area contributed by atoms with E-state index in [0.29, 0.717) is 12.0 Å². The lowest BCUT2D eigenvalue weighted by Crippen LogP contribution is -2.00. The maximum atomic E-state index is 11.3. The van der Waals surface area contributed by atoms with Gasteiger partial charge in [-0.25, -0.2) is 0 Å². The summed E-state index contributed by atoms with van der Waals surface area (Å²) in [5.41, 5.74) is 3.11. The second-order valence-electron chi connectivity index (χ2n) is 3.69. The molecule has 14 heavy (non-hydrogen) atoms. The summed E-state index contributed by atoms with van der Waals surface area (Å²) in [4.78, 5) is 11.3. The van der Waals surface area contributed by atoms with Crippen LogP contribution in [-0.2, 0) is 11.2 Å². The number of carbonyl (C=O) groups excluding carboxylic acids is 1. The molecule has 0 heterocycles. The van der Waals surface area contributed by atoms with E-state index in [0.717, 1.165) is 6.42 Å². The zero-order valence-electron chi connectivity index (χ0n) is 8.84. The summed E-state index contributed by atoms with van der Waals surface area (Å²) >= 11 is 0. The first-order valence-electron chi connectivity index (χ1n) is 4.84. The number of hydrogen-bond donors (Lipinski definition) is 0. The van der Waals surface area contributed by atoms with E-state index >= 15 is 0 Å². The van der Waals surface area contributed by atoms with Gasteiger partial charge in [-0.05, 0) is 31.4 Å². The Morgan fingerprint density at radius 3 is 2.71 bits per heavy atom. The molecule has 0 spiro atoms. The Bertz CT molecular complexity index is 350. The molecular weight excluding hydrogens is 172 g/mol. The summed E-state index contributed by atoms with van der Waals surface area (Å²) in [6.07, 6.45) is 1.38. The largest absolute Gasteiger partial charge is 0.295 e. The Morgan fingerprint density at radius 2 is 2.14 bits per heavy atom. The number of rotatable bonds is 4. The Kier molecular flexibility index (Phi) is 3.63. The number of carbonyl (C=O) groups is 1. The Labute approximate surface area is 85.5 Å². The monoisotopic (exact) mass is 188 g/mol. The molecule has 0 atom stereocenters. The molecule has 0 unspecified atom stereocenters. The lowest BCUT2D eigenvalue weighted by molar-refractivity contribution is -0.115. The van der Waals surface area contributed by atoms with Gasteiger partial charge in [0.05, 0.1) is 0 Å². The van der Waals surface area contributed by atoms with Crippen LogP contribution in [0, 0.1) is 6.92 Å². The van der Waals surface area contributed by atoms with E-state index in [1.807, 2.05) is 6.07 Å². The lowest BCUT2D eigenvalue weighted by Gasteiger charge is -2.01. The normalized spacial score (nSPS) is 9.86. The Morgan fingerprint density at radius 1 is 1.43 bits per heavy atom. The number of Topliss-reactive ketones (excluding diaryl/α,β-unsaturated/α-hetero) is 1. The summed E-state index contributed by atoms with van der Waals surface area (Å²) in [6.45, 7) is 7.46. The van der Waals surface area contributed by atoms with E-state index < -0.39 is 0 Å². The fourth-order valence-electron chi connectivity index (χ4n) is 1.34. The van der Waals surface area contributed by atoms with Crippen LogP contribution in [0.15, 0.2) is 36.4 Å². The molecule has 0 amide bonds. The van der Waals surface area contributed by atoms with E-state index in [1.165, 1.54) is 11.1 Å². The minimum atomic E-state index is 0.159. The van der Waals surface area contributed by atoms with Gasteiger partial charge in [-0.15, -0.1) is 0 Å². The Hall–Kier alpha value is -1.37. The molecule has 74 valence electrons. The molecule has 1 aromatic rings. The van der Waals surface area contributed by atoms with Gasteiger partial charge in [-0.3, -0.25) is 4.79 Å². The molecule has 0 aliphatic rings. The topological polar surface area (TPSA) is 17.1 Å². The van der Waals surface area contributed by atoms with E-state index in [4.69, 9.17) is 0 Å². The number of ketones is 1. The highest BCUT2D eigenvalue weighted by Gasteiger charge is 2.02. The van der Waals surface area contributed by atoms with Crippen LogP contribution >= 0.6 is 0 Å². The van der Waals surface area contributed by atoms with E-state index in [9.17, 15) is 4.79 Å². The van der Waals surface area contributed by atoms with Crippen molar-refractivity contribution in [2.24, 2.45) is 0 Å². The molecule has 0 aliphatic carbocycles. The van der Waals surface area contributed by atoms with Gasteiger partial charge in [0.1, 0.15) is 0 Å². The summed E-state index contributed by atoms with van der Waals surface area (Å²) in [5, 5.41) is 0. The number of aryl methyl sites for hydroxylation is 2. The van der Waals surface area contributed by atoms with Crippen molar-refractivity contribution >= 4 is 5.78 Å². The second-order valence-corrected chi connectivity index (χ2v) is 3.69. The van der Waals surface area contributed by atoms with Crippen molar-refractivity contribution in [2.75, 3.05) is 0 Å². The molecule has 1 nitrogen and oxygen atoms in total. The minimum absolute atomic E-state index is 0.159. The minimum Gasteiger partial charge on any atom is -0.295 e. The maximum Gasteiger partial charge on any atom is 0.158 e. The molecule has 0 saturated carbocycles. The van der Waals surface area contributed by atoms with Gasteiger partial charge in [0.15, 0.2) is 5.78 Å². The first-order valence-corrected chi connectivity index (χ1v) is 4.84. The third kappa shape index (κ3) is 3.17. The maximum absolute atomic E-state index is 11.3. The van der Waals surface area contributed by atoms with Crippen molar-refractivity contribution in [1.82, 2.24) is 0 Å². The zero-order valence-corrected chi connectivity index (χ0v) is 8.84. The van der Waals surface area contributed by atoms with Gasteiger partial charge < -0.3 is 0 Å². The number of hydrogen-bond acceptors (Lipinski definition) is 1. The van der Waals surface area contributed by atoms with Gasteiger partial charge in [0, 0.05) is 6.42 Å². The van der Waals surface area contributed by atoms with Crippen LogP contribution < -0.4 is 0 Å². The lowest BCUT2D eigenvalue weighted by atomic mass is 10.0. The van der Waals surface area contributed by atoms with Gasteiger partial charge >= 0.3 is 0 Å². The highest BCUT2D eigenvalue weighted by Crippen LogP contribution is 2.08. The molecule has 0 radical (unpaired) electrons. The summed E-state index contributed by atoms with van der Waals surface area (Å²) < 4.78 is 0. The van der Waals surface area contributed by atoms with E-state index in [2.05, 4.69) is 31.7 Å². The molecule has 0 N–H and O–H groups in total. The summed E-state index contributed by atoms with van der Waals surface area (Å²) in [6, 6.07) is 8.25. The van der Waals surface area contributed by atoms with Gasteiger partial charge in [-0.2, -0.15) is 0 Å². The number of benzene rings is 1. The zero-order chi connectivity index (χ0) is 10.6. The highest BCUT2D eigenvalue weighted by atomic mass is 16.1. The smallest absolute Gasteiger partial charge is 0.158 e. The molecule has 0 aliphatic heterocycles. The molecule has 0 fully saturated rings. The van der Waals surface area contributed by atoms with Crippen LogP contribution in [0.2, 0.25) is 0 Å². The van der Waals surface area contributed by atoms with Gasteiger partial charge in [-0.1, -0.05) is 36.4 Å². The first kappa shape index (κ1) is 10.7. The van der Waals surface area contributed by atoms with Crippen LogP contribution in [0.5, 0.6) is 0 Å². The van der Waals surface area contributed by atoms with Crippen molar-refractivity contribution in [3.63, 3.8) is 0 Å². The first-order chi connectivity index (χ1) is 6.59. The molecule has 0 saturated heterocycles. The summed E-state index contributed by atoms with van der Waals surface area (Å²) in [7, 11) is 0. The average molecular weight is 188 g/mol. The molecule has 0 aromatic heterocycles. The van der Waals surface area contributed by atoms with E-state index in [-0.39, 0.29) is 5.78 Å².